The highest BCUT2D eigenvalue weighted by Gasteiger charge is 2.13. The fourth-order valence-corrected chi connectivity index (χ4v) is 3.30. The van der Waals surface area contributed by atoms with Gasteiger partial charge in [0.1, 0.15) is 10.7 Å². The molecule has 1 heterocycles. The Hall–Kier alpha value is -1.24. The maximum atomic E-state index is 12.1. The lowest BCUT2D eigenvalue weighted by Gasteiger charge is -2.15. The summed E-state index contributed by atoms with van der Waals surface area (Å²) in [6.45, 7) is 3.17. The quantitative estimate of drug-likeness (QED) is 0.772. The highest BCUT2D eigenvalue weighted by molar-refractivity contribution is 9.10. The standard InChI is InChI=1S/C16H20BrN3OS/c1-2-11(6-12-4-3-5-13(17)7-12)9-19-16(21)14-10-22-15(8-18)20-14/h3-5,7,10-11H,2,6,8-9,18H2,1H3,(H,19,21). The third kappa shape index (κ3) is 4.90. The van der Waals surface area contributed by atoms with Crippen LogP contribution in [0.3, 0.4) is 0 Å². The van der Waals surface area contributed by atoms with Crippen LogP contribution in [0, 0.1) is 5.92 Å². The normalized spacial score (nSPS) is 12.1. The molecule has 1 amide bonds. The van der Waals surface area contributed by atoms with Crippen molar-refractivity contribution in [3.8, 4) is 0 Å². The van der Waals surface area contributed by atoms with E-state index in [1.165, 1.54) is 16.9 Å². The molecule has 1 aromatic carbocycles. The number of thiazole rings is 1. The largest absolute Gasteiger partial charge is 0.350 e. The Kier molecular flexibility index (Phi) is 6.54. The number of benzene rings is 1. The number of nitrogens with zero attached hydrogens (tertiary/aromatic N) is 1. The van der Waals surface area contributed by atoms with Crippen LogP contribution in [0.25, 0.3) is 0 Å². The highest BCUT2D eigenvalue weighted by Crippen LogP contribution is 2.17. The zero-order valence-electron chi connectivity index (χ0n) is 12.5. The van der Waals surface area contributed by atoms with Gasteiger partial charge in [-0.2, -0.15) is 0 Å². The van der Waals surface area contributed by atoms with Gasteiger partial charge in [-0.15, -0.1) is 11.3 Å². The Bertz CT molecular complexity index is 629. The van der Waals surface area contributed by atoms with E-state index in [4.69, 9.17) is 5.73 Å². The van der Waals surface area contributed by atoms with E-state index >= 15 is 0 Å². The van der Waals surface area contributed by atoms with Crippen LogP contribution in [0.15, 0.2) is 34.1 Å². The molecule has 1 aromatic heterocycles. The molecule has 0 aliphatic carbocycles. The highest BCUT2D eigenvalue weighted by atomic mass is 79.9. The van der Waals surface area contributed by atoms with Gasteiger partial charge in [0.15, 0.2) is 0 Å². The van der Waals surface area contributed by atoms with E-state index in [0.29, 0.717) is 24.7 Å². The zero-order chi connectivity index (χ0) is 15.9. The molecule has 2 rings (SSSR count). The minimum absolute atomic E-state index is 0.122. The first-order valence-electron chi connectivity index (χ1n) is 7.29. The lowest BCUT2D eigenvalue weighted by molar-refractivity contribution is 0.0942. The van der Waals surface area contributed by atoms with Gasteiger partial charge in [-0.3, -0.25) is 4.79 Å². The molecular weight excluding hydrogens is 362 g/mol. The van der Waals surface area contributed by atoms with Crippen molar-refractivity contribution in [2.24, 2.45) is 11.7 Å². The average molecular weight is 382 g/mol. The number of nitrogens with one attached hydrogen (secondary N) is 1. The van der Waals surface area contributed by atoms with E-state index in [-0.39, 0.29) is 5.91 Å². The maximum Gasteiger partial charge on any atom is 0.270 e. The molecule has 3 N–H and O–H groups in total. The van der Waals surface area contributed by atoms with Crippen LogP contribution in [0.1, 0.15) is 34.4 Å². The van der Waals surface area contributed by atoms with Crippen molar-refractivity contribution in [3.05, 3.63) is 50.4 Å². The van der Waals surface area contributed by atoms with Gasteiger partial charge in [-0.05, 0) is 30.0 Å². The summed E-state index contributed by atoms with van der Waals surface area (Å²) in [6.07, 6.45) is 1.96. The van der Waals surface area contributed by atoms with Gasteiger partial charge in [0.25, 0.3) is 5.91 Å². The number of carbonyl (C=O) groups is 1. The van der Waals surface area contributed by atoms with Crippen molar-refractivity contribution in [1.29, 1.82) is 0 Å². The molecule has 22 heavy (non-hydrogen) atoms. The Labute approximate surface area is 143 Å². The van der Waals surface area contributed by atoms with Gasteiger partial charge in [-0.1, -0.05) is 41.4 Å². The molecule has 1 unspecified atom stereocenters. The summed E-state index contributed by atoms with van der Waals surface area (Å²) in [5, 5.41) is 5.52. The summed E-state index contributed by atoms with van der Waals surface area (Å²) >= 11 is 4.91. The SMILES string of the molecule is CCC(CNC(=O)c1csc(CN)n1)Cc1cccc(Br)c1. The van der Waals surface area contributed by atoms with Gasteiger partial charge in [0.2, 0.25) is 0 Å². The molecule has 4 nitrogen and oxygen atoms in total. The van der Waals surface area contributed by atoms with Crippen LogP contribution < -0.4 is 11.1 Å². The third-order valence-corrected chi connectivity index (χ3v) is 4.87. The molecule has 1 atom stereocenters. The number of halogens is 1. The number of rotatable bonds is 7. The van der Waals surface area contributed by atoms with Crippen molar-refractivity contribution < 1.29 is 4.79 Å². The van der Waals surface area contributed by atoms with Crippen molar-refractivity contribution in [1.82, 2.24) is 10.3 Å². The fourth-order valence-electron chi connectivity index (χ4n) is 2.19. The molecule has 0 fully saturated rings. The van der Waals surface area contributed by atoms with Crippen LogP contribution in [-0.2, 0) is 13.0 Å². The fraction of sp³-hybridized carbons (Fsp3) is 0.375. The van der Waals surface area contributed by atoms with E-state index in [2.05, 4.69) is 45.3 Å². The molecule has 0 saturated heterocycles. The van der Waals surface area contributed by atoms with E-state index in [1.807, 2.05) is 12.1 Å². The number of hydrogen-bond donors (Lipinski definition) is 2. The van der Waals surface area contributed by atoms with Gasteiger partial charge < -0.3 is 11.1 Å². The van der Waals surface area contributed by atoms with Crippen molar-refractivity contribution >= 4 is 33.2 Å². The monoisotopic (exact) mass is 381 g/mol. The number of nitrogens with two attached hydrogens (primary N) is 1. The number of amides is 1. The lowest BCUT2D eigenvalue weighted by atomic mass is 9.97. The predicted molar refractivity (Wildman–Crippen MR) is 94.0 cm³/mol. The van der Waals surface area contributed by atoms with E-state index in [1.54, 1.807) is 5.38 Å². The molecule has 0 aliphatic rings. The Morgan fingerprint density at radius 3 is 2.95 bits per heavy atom. The molecule has 0 spiro atoms. The van der Waals surface area contributed by atoms with Gasteiger partial charge >= 0.3 is 0 Å². The van der Waals surface area contributed by atoms with Crippen LogP contribution in [-0.4, -0.2) is 17.4 Å². The summed E-state index contributed by atoms with van der Waals surface area (Å²) in [6, 6.07) is 8.29. The third-order valence-electron chi connectivity index (χ3n) is 3.50. The van der Waals surface area contributed by atoms with Gasteiger partial charge in [0.05, 0.1) is 0 Å². The van der Waals surface area contributed by atoms with Crippen LogP contribution in [0.5, 0.6) is 0 Å². The second-order valence-electron chi connectivity index (χ2n) is 5.15. The summed E-state index contributed by atoms with van der Waals surface area (Å²) in [5.41, 5.74) is 7.25. The van der Waals surface area contributed by atoms with Crippen molar-refractivity contribution in [2.45, 2.75) is 26.3 Å². The molecular formula is C16H20BrN3OS. The minimum Gasteiger partial charge on any atom is -0.350 e. The first kappa shape index (κ1) is 17.1. The minimum atomic E-state index is -0.122. The molecule has 6 heteroatoms. The second kappa shape index (κ2) is 8.41. The van der Waals surface area contributed by atoms with Crippen LogP contribution in [0.4, 0.5) is 0 Å². The maximum absolute atomic E-state index is 12.1. The van der Waals surface area contributed by atoms with Gasteiger partial charge in [0, 0.05) is 22.9 Å². The average Bonchev–Trinajstić information content (AvgIpc) is 3.00. The van der Waals surface area contributed by atoms with Crippen molar-refractivity contribution in [2.75, 3.05) is 6.54 Å². The molecule has 0 radical (unpaired) electrons. The Balaban J connectivity index is 1.89. The molecule has 118 valence electrons. The molecule has 0 saturated carbocycles. The van der Waals surface area contributed by atoms with E-state index in [9.17, 15) is 4.79 Å². The lowest BCUT2D eigenvalue weighted by Crippen LogP contribution is -2.30. The summed E-state index contributed by atoms with van der Waals surface area (Å²) < 4.78 is 1.08. The molecule has 0 bridgehead atoms. The second-order valence-corrected chi connectivity index (χ2v) is 7.01. The smallest absolute Gasteiger partial charge is 0.270 e. The van der Waals surface area contributed by atoms with E-state index in [0.717, 1.165) is 22.3 Å². The topological polar surface area (TPSA) is 68.0 Å². The van der Waals surface area contributed by atoms with Gasteiger partial charge in [-0.25, -0.2) is 4.98 Å². The first-order valence-corrected chi connectivity index (χ1v) is 8.96. The Morgan fingerprint density at radius 1 is 1.50 bits per heavy atom. The number of carbonyl (C=O) groups excluding carboxylic acids is 1. The zero-order valence-corrected chi connectivity index (χ0v) is 14.9. The summed E-state index contributed by atoms with van der Waals surface area (Å²) in [7, 11) is 0. The van der Waals surface area contributed by atoms with Crippen LogP contribution in [0.2, 0.25) is 0 Å². The molecule has 2 aromatic rings. The summed E-state index contributed by atoms with van der Waals surface area (Å²) in [5.74, 6) is 0.287. The van der Waals surface area contributed by atoms with Crippen molar-refractivity contribution in [3.63, 3.8) is 0 Å². The summed E-state index contributed by atoms with van der Waals surface area (Å²) in [4.78, 5) is 16.3. The van der Waals surface area contributed by atoms with Crippen LogP contribution >= 0.6 is 27.3 Å². The molecule has 0 aliphatic heterocycles. The van der Waals surface area contributed by atoms with E-state index < -0.39 is 0 Å². The Morgan fingerprint density at radius 2 is 2.32 bits per heavy atom. The first-order chi connectivity index (χ1) is 10.6. The number of aromatic nitrogens is 1. The number of hydrogen-bond acceptors (Lipinski definition) is 4. The predicted octanol–water partition coefficient (Wildman–Crippen LogP) is 3.36.